The predicted molar refractivity (Wildman–Crippen MR) is 122 cm³/mol. The van der Waals surface area contributed by atoms with Crippen molar-refractivity contribution < 1.29 is 9.47 Å². The molecule has 0 radical (unpaired) electrons. The number of ether oxygens (including phenoxy) is 2. The molecule has 152 valence electrons. The van der Waals surface area contributed by atoms with E-state index in [9.17, 15) is 0 Å². The fourth-order valence-corrected chi connectivity index (χ4v) is 3.23. The van der Waals surface area contributed by atoms with E-state index in [1.54, 1.807) is 7.11 Å². The molecule has 2 heterocycles. The maximum absolute atomic E-state index is 5.91. The van der Waals surface area contributed by atoms with E-state index in [-0.39, 0.29) is 24.0 Å². The lowest BCUT2D eigenvalue weighted by atomic mass is 10.1. The van der Waals surface area contributed by atoms with Gasteiger partial charge in [0.15, 0.2) is 5.96 Å². The summed E-state index contributed by atoms with van der Waals surface area (Å²) in [6, 6.07) is 14.2. The van der Waals surface area contributed by atoms with Gasteiger partial charge in [0.2, 0.25) is 5.88 Å². The zero-order chi connectivity index (χ0) is 18.9. The quantitative estimate of drug-likeness (QED) is 0.362. The molecule has 1 N–H and O–H groups in total. The number of hydrogen-bond acceptors (Lipinski definition) is 4. The number of nitrogens with zero attached hydrogens (tertiary/aromatic N) is 3. The number of pyridine rings is 1. The number of nitrogens with one attached hydrogen (secondary N) is 1. The van der Waals surface area contributed by atoms with Gasteiger partial charge in [-0.15, -0.1) is 24.0 Å². The maximum Gasteiger partial charge on any atom is 0.212 e. The number of guanidine groups is 1. The highest BCUT2D eigenvalue weighted by atomic mass is 127. The molecule has 1 fully saturated rings. The van der Waals surface area contributed by atoms with Gasteiger partial charge in [-0.2, -0.15) is 0 Å². The minimum absolute atomic E-state index is 0. The Balaban J connectivity index is 0.00000280. The Bertz CT molecular complexity index is 725. The van der Waals surface area contributed by atoms with E-state index in [2.05, 4.69) is 32.3 Å². The number of methoxy groups -OCH3 is 1. The van der Waals surface area contributed by atoms with Crippen molar-refractivity contribution in [3.05, 3.63) is 59.8 Å². The average molecular weight is 496 g/mol. The Morgan fingerprint density at radius 2 is 2.04 bits per heavy atom. The number of aliphatic imine (C=N–C) groups is 1. The van der Waals surface area contributed by atoms with Gasteiger partial charge in [-0.3, -0.25) is 4.99 Å². The van der Waals surface area contributed by atoms with Crippen LogP contribution in [0.5, 0.6) is 5.88 Å². The highest BCUT2D eigenvalue weighted by Gasteiger charge is 2.24. The number of likely N-dealkylation sites (tertiary alicyclic amines) is 1. The molecular weight excluding hydrogens is 467 g/mol. The highest BCUT2D eigenvalue weighted by molar-refractivity contribution is 14.0. The maximum atomic E-state index is 5.91. The Kier molecular flexibility index (Phi) is 9.49. The summed E-state index contributed by atoms with van der Waals surface area (Å²) in [5.41, 5.74) is 2.32. The van der Waals surface area contributed by atoms with E-state index in [0.717, 1.165) is 37.6 Å². The number of hydrogen-bond donors (Lipinski definition) is 1. The van der Waals surface area contributed by atoms with Gasteiger partial charge in [0, 0.05) is 44.9 Å². The van der Waals surface area contributed by atoms with Crippen LogP contribution in [0, 0.1) is 5.92 Å². The van der Waals surface area contributed by atoms with Crippen molar-refractivity contribution in [2.75, 3.05) is 33.9 Å². The summed E-state index contributed by atoms with van der Waals surface area (Å²) in [5, 5.41) is 3.42. The Hall–Kier alpha value is -1.87. The average Bonchev–Trinajstić information content (AvgIpc) is 3.18. The van der Waals surface area contributed by atoms with Crippen molar-refractivity contribution in [1.29, 1.82) is 0 Å². The zero-order valence-corrected chi connectivity index (χ0v) is 18.8. The number of halogens is 1. The largest absolute Gasteiger partial charge is 0.481 e. The number of aromatic nitrogens is 1. The molecule has 1 saturated heterocycles. The second-order valence-corrected chi connectivity index (χ2v) is 6.71. The molecule has 1 atom stereocenters. The van der Waals surface area contributed by atoms with Crippen molar-refractivity contribution >= 4 is 29.9 Å². The first-order valence-corrected chi connectivity index (χ1v) is 9.34. The van der Waals surface area contributed by atoms with Crippen LogP contribution in [-0.4, -0.2) is 49.7 Å². The fourth-order valence-electron chi connectivity index (χ4n) is 3.23. The summed E-state index contributed by atoms with van der Waals surface area (Å²) in [4.78, 5) is 11.0. The molecule has 0 aliphatic carbocycles. The van der Waals surface area contributed by atoms with Gasteiger partial charge in [-0.1, -0.05) is 36.4 Å². The second-order valence-electron chi connectivity index (χ2n) is 6.71. The molecule has 28 heavy (non-hydrogen) atoms. The third-order valence-electron chi connectivity index (χ3n) is 4.72. The van der Waals surface area contributed by atoms with E-state index in [1.165, 1.54) is 5.56 Å². The SMILES string of the molecule is CN=C(NCc1ccc(OC)nc1)N1CCC(COCc2ccccc2)C1.I. The summed E-state index contributed by atoms with van der Waals surface area (Å²) in [6.07, 6.45) is 2.95. The molecule has 0 saturated carbocycles. The predicted octanol–water partition coefficient (Wildman–Crippen LogP) is 3.32. The molecule has 1 aromatic heterocycles. The summed E-state index contributed by atoms with van der Waals surface area (Å²) in [6.45, 7) is 4.12. The highest BCUT2D eigenvalue weighted by Crippen LogP contribution is 2.17. The van der Waals surface area contributed by atoms with Gasteiger partial charge >= 0.3 is 0 Å². The number of rotatable bonds is 7. The normalized spacial score (nSPS) is 16.6. The van der Waals surface area contributed by atoms with Gasteiger partial charge in [0.05, 0.1) is 20.3 Å². The van der Waals surface area contributed by atoms with Crippen molar-refractivity contribution in [3.8, 4) is 5.88 Å². The van der Waals surface area contributed by atoms with Gasteiger partial charge < -0.3 is 19.7 Å². The Labute approximate surface area is 184 Å². The van der Waals surface area contributed by atoms with Crippen LogP contribution in [0.1, 0.15) is 17.5 Å². The third-order valence-corrected chi connectivity index (χ3v) is 4.72. The number of benzene rings is 1. The topological polar surface area (TPSA) is 59.0 Å². The lowest BCUT2D eigenvalue weighted by Gasteiger charge is -2.21. The molecule has 3 rings (SSSR count). The zero-order valence-electron chi connectivity index (χ0n) is 16.5. The first-order chi connectivity index (χ1) is 13.3. The molecule has 2 aromatic rings. The molecule has 1 aliphatic heterocycles. The molecule has 1 aromatic carbocycles. The lowest BCUT2D eigenvalue weighted by molar-refractivity contribution is 0.0906. The lowest BCUT2D eigenvalue weighted by Crippen LogP contribution is -2.39. The molecule has 0 amide bonds. The standard InChI is InChI=1S/C21H28N4O2.HI/c1-22-21(24-13-18-8-9-20(26-2)23-12-18)25-11-10-19(14-25)16-27-15-17-6-4-3-5-7-17;/h3-9,12,19H,10-11,13-16H2,1-2H3,(H,22,24);1H. The van der Waals surface area contributed by atoms with Crippen molar-refractivity contribution in [3.63, 3.8) is 0 Å². The van der Waals surface area contributed by atoms with Crippen LogP contribution >= 0.6 is 24.0 Å². The Morgan fingerprint density at radius 1 is 1.21 bits per heavy atom. The van der Waals surface area contributed by atoms with Crippen molar-refractivity contribution in [2.45, 2.75) is 19.6 Å². The van der Waals surface area contributed by atoms with E-state index in [1.807, 2.05) is 43.6 Å². The van der Waals surface area contributed by atoms with Crippen molar-refractivity contribution in [1.82, 2.24) is 15.2 Å². The van der Waals surface area contributed by atoms with Crippen LogP contribution in [0.15, 0.2) is 53.7 Å². The molecule has 1 aliphatic rings. The van der Waals surface area contributed by atoms with Crippen LogP contribution in [-0.2, 0) is 17.9 Å². The monoisotopic (exact) mass is 496 g/mol. The minimum Gasteiger partial charge on any atom is -0.481 e. The van der Waals surface area contributed by atoms with Crippen LogP contribution < -0.4 is 10.1 Å². The second kappa shape index (κ2) is 11.9. The van der Waals surface area contributed by atoms with E-state index < -0.39 is 0 Å². The summed E-state index contributed by atoms with van der Waals surface area (Å²) >= 11 is 0. The Morgan fingerprint density at radius 3 is 2.71 bits per heavy atom. The summed E-state index contributed by atoms with van der Waals surface area (Å²) in [7, 11) is 3.45. The van der Waals surface area contributed by atoms with Crippen LogP contribution in [0.4, 0.5) is 0 Å². The smallest absolute Gasteiger partial charge is 0.212 e. The molecule has 6 nitrogen and oxygen atoms in total. The summed E-state index contributed by atoms with van der Waals surface area (Å²) in [5.74, 6) is 2.09. The van der Waals surface area contributed by atoms with Crippen LogP contribution in [0.25, 0.3) is 0 Å². The third kappa shape index (κ3) is 6.63. The first kappa shape index (κ1) is 22.4. The first-order valence-electron chi connectivity index (χ1n) is 9.34. The van der Waals surface area contributed by atoms with E-state index >= 15 is 0 Å². The molecular formula is C21H29IN4O2. The fraction of sp³-hybridized carbons (Fsp3) is 0.429. The molecule has 1 unspecified atom stereocenters. The van der Waals surface area contributed by atoms with Crippen LogP contribution in [0.3, 0.4) is 0 Å². The van der Waals surface area contributed by atoms with Gasteiger partial charge in [0.1, 0.15) is 0 Å². The molecule has 7 heteroatoms. The van der Waals surface area contributed by atoms with Gasteiger partial charge in [-0.25, -0.2) is 4.98 Å². The molecule has 0 spiro atoms. The van der Waals surface area contributed by atoms with E-state index in [0.29, 0.717) is 24.9 Å². The minimum atomic E-state index is 0. The van der Waals surface area contributed by atoms with Crippen LogP contribution in [0.2, 0.25) is 0 Å². The van der Waals surface area contributed by atoms with E-state index in [4.69, 9.17) is 9.47 Å². The van der Waals surface area contributed by atoms with Gasteiger partial charge in [0.25, 0.3) is 0 Å². The van der Waals surface area contributed by atoms with Gasteiger partial charge in [-0.05, 0) is 17.5 Å². The van der Waals surface area contributed by atoms with Crippen molar-refractivity contribution in [2.24, 2.45) is 10.9 Å². The summed E-state index contributed by atoms with van der Waals surface area (Å²) < 4.78 is 11.0. The molecule has 0 bridgehead atoms.